The highest BCUT2D eigenvalue weighted by Crippen LogP contribution is 2.45. The summed E-state index contributed by atoms with van der Waals surface area (Å²) in [4.78, 5) is 17.7. The highest BCUT2D eigenvalue weighted by Gasteiger charge is 2.50. The molecule has 2 aliphatic heterocycles. The van der Waals surface area contributed by atoms with E-state index in [2.05, 4.69) is 9.80 Å². The molecule has 1 aromatic rings. The van der Waals surface area contributed by atoms with Crippen LogP contribution in [0.1, 0.15) is 44.9 Å². The first kappa shape index (κ1) is 18.4. The van der Waals surface area contributed by atoms with Gasteiger partial charge in [0, 0.05) is 25.7 Å². The van der Waals surface area contributed by atoms with Gasteiger partial charge in [-0.25, -0.2) is 0 Å². The van der Waals surface area contributed by atoms with Gasteiger partial charge in [-0.05, 0) is 57.1 Å². The molecular formula is C20H26Cl2N2O2. The van der Waals surface area contributed by atoms with Crippen molar-refractivity contribution in [2.24, 2.45) is 5.41 Å². The lowest BCUT2D eigenvalue weighted by Crippen LogP contribution is -2.50. The predicted molar refractivity (Wildman–Crippen MR) is 105 cm³/mol. The molecule has 1 spiro atoms. The number of likely N-dealkylation sites (tertiary alicyclic amines) is 1. The highest BCUT2D eigenvalue weighted by molar-refractivity contribution is 6.43. The van der Waals surface area contributed by atoms with Crippen LogP contribution in [-0.2, 0) is 4.79 Å². The van der Waals surface area contributed by atoms with Crippen molar-refractivity contribution in [3.8, 4) is 0 Å². The Morgan fingerprint density at radius 1 is 1.08 bits per heavy atom. The second kappa shape index (κ2) is 7.21. The van der Waals surface area contributed by atoms with Crippen molar-refractivity contribution < 1.29 is 9.90 Å². The van der Waals surface area contributed by atoms with E-state index >= 15 is 0 Å². The van der Waals surface area contributed by atoms with Crippen LogP contribution in [0.2, 0.25) is 10.0 Å². The van der Waals surface area contributed by atoms with E-state index in [1.807, 2.05) is 12.1 Å². The fraction of sp³-hybridized carbons (Fsp3) is 0.650. The highest BCUT2D eigenvalue weighted by atomic mass is 35.5. The molecule has 1 amide bonds. The van der Waals surface area contributed by atoms with Crippen molar-refractivity contribution >= 4 is 34.8 Å². The number of aliphatic hydroxyl groups is 1. The van der Waals surface area contributed by atoms with Gasteiger partial charge < -0.3 is 14.9 Å². The van der Waals surface area contributed by atoms with Crippen LogP contribution in [0.25, 0.3) is 0 Å². The van der Waals surface area contributed by atoms with Crippen LogP contribution in [0.15, 0.2) is 18.2 Å². The maximum atomic E-state index is 13.4. The summed E-state index contributed by atoms with van der Waals surface area (Å²) in [5.41, 5.74) is 0.644. The molecule has 2 saturated heterocycles. The predicted octanol–water partition coefficient (Wildman–Crippen LogP) is 4.12. The zero-order valence-electron chi connectivity index (χ0n) is 15.0. The lowest BCUT2D eigenvalue weighted by molar-refractivity contribution is -0.139. The minimum Gasteiger partial charge on any atom is -0.393 e. The molecule has 4 rings (SSSR count). The number of anilines is 1. The van der Waals surface area contributed by atoms with Gasteiger partial charge in [0.2, 0.25) is 5.91 Å². The molecule has 0 radical (unpaired) electrons. The molecule has 0 aromatic heterocycles. The molecule has 6 heteroatoms. The minimum atomic E-state index is -0.292. The summed E-state index contributed by atoms with van der Waals surface area (Å²) in [5, 5.41) is 10.9. The normalized spacial score (nSPS) is 32.5. The van der Waals surface area contributed by atoms with Crippen LogP contribution in [0.3, 0.4) is 0 Å². The lowest BCUT2D eigenvalue weighted by atomic mass is 9.78. The van der Waals surface area contributed by atoms with Crippen molar-refractivity contribution in [3.63, 3.8) is 0 Å². The molecule has 4 nitrogen and oxygen atoms in total. The summed E-state index contributed by atoms with van der Waals surface area (Å²) in [6, 6.07) is 6.01. The van der Waals surface area contributed by atoms with Crippen molar-refractivity contribution in [2.45, 2.75) is 57.1 Å². The zero-order chi connectivity index (χ0) is 18.3. The number of carbonyl (C=O) groups is 1. The smallest absolute Gasteiger partial charge is 0.230 e. The van der Waals surface area contributed by atoms with Crippen LogP contribution in [0.5, 0.6) is 0 Å². The first-order chi connectivity index (χ1) is 12.5. The maximum Gasteiger partial charge on any atom is 0.230 e. The van der Waals surface area contributed by atoms with E-state index < -0.39 is 0 Å². The van der Waals surface area contributed by atoms with E-state index in [1.54, 1.807) is 6.07 Å². The average Bonchev–Trinajstić information content (AvgIpc) is 2.94. The number of rotatable bonds is 2. The van der Waals surface area contributed by atoms with Crippen LogP contribution >= 0.6 is 23.2 Å². The first-order valence-corrected chi connectivity index (χ1v) is 10.4. The quantitative estimate of drug-likeness (QED) is 0.817. The second-order valence-corrected chi connectivity index (χ2v) is 8.87. The average molecular weight is 397 g/mol. The van der Waals surface area contributed by atoms with Crippen LogP contribution in [0, 0.1) is 5.41 Å². The van der Waals surface area contributed by atoms with E-state index in [1.165, 1.54) is 0 Å². The molecular weight excluding hydrogens is 371 g/mol. The standard InChI is InChI=1S/C20H26Cl2N2O2/c21-16-3-1-4-17(18(16)22)23-11-2-9-20(13-23)10-12-24(19(20)26)14-5-7-15(25)8-6-14/h1,3-4,14-15,25H,2,5-13H2/t14-,15-,20-/m0/s1. The Morgan fingerprint density at radius 2 is 1.85 bits per heavy atom. The topological polar surface area (TPSA) is 43.8 Å². The van der Waals surface area contributed by atoms with Gasteiger partial charge in [0.1, 0.15) is 0 Å². The molecule has 2 heterocycles. The molecule has 0 unspecified atom stereocenters. The molecule has 1 aromatic carbocycles. The Labute approximate surface area is 165 Å². The molecule has 1 atom stereocenters. The van der Waals surface area contributed by atoms with Crippen LogP contribution < -0.4 is 4.90 Å². The fourth-order valence-corrected chi connectivity index (χ4v) is 5.43. The molecule has 1 N–H and O–H groups in total. The molecule has 142 valence electrons. The second-order valence-electron chi connectivity index (χ2n) is 8.09. The monoisotopic (exact) mass is 396 g/mol. The third-order valence-corrected chi connectivity index (χ3v) is 7.31. The summed E-state index contributed by atoms with van der Waals surface area (Å²) >= 11 is 12.6. The first-order valence-electron chi connectivity index (χ1n) is 9.68. The minimum absolute atomic E-state index is 0.187. The van der Waals surface area contributed by atoms with Crippen LogP contribution in [-0.4, -0.2) is 47.7 Å². The third kappa shape index (κ3) is 3.21. The van der Waals surface area contributed by atoms with Gasteiger partial charge in [-0.2, -0.15) is 0 Å². The molecule has 1 aliphatic carbocycles. The van der Waals surface area contributed by atoms with E-state index in [0.717, 1.165) is 70.3 Å². The third-order valence-electron chi connectivity index (χ3n) is 6.50. The number of nitrogens with zero attached hydrogens (tertiary/aromatic N) is 2. The number of piperidine rings is 1. The molecule has 0 bridgehead atoms. The summed E-state index contributed by atoms with van der Waals surface area (Å²) in [7, 11) is 0. The van der Waals surface area contributed by atoms with Gasteiger partial charge in [0.15, 0.2) is 0 Å². The number of hydrogen-bond donors (Lipinski definition) is 1. The Hall–Kier alpha value is -0.970. The number of aliphatic hydroxyl groups excluding tert-OH is 1. The molecule has 1 saturated carbocycles. The summed E-state index contributed by atoms with van der Waals surface area (Å²) in [6.07, 6.45) is 6.14. The number of halogens is 2. The van der Waals surface area contributed by atoms with Crippen LogP contribution in [0.4, 0.5) is 5.69 Å². The molecule has 3 aliphatic rings. The van der Waals surface area contributed by atoms with Gasteiger partial charge in [0.05, 0.1) is 27.3 Å². The maximum absolute atomic E-state index is 13.4. The van der Waals surface area contributed by atoms with Crippen molar-refractivity contribution in [2.75, 3.05) is 24.5 Å². The molecule has 3 fully saturated rings. The van der Waals surface area contributed by atoms with Gasteiger partial charge in [-0.15, -0.1) is 0 Å². The lowest BCUT2D eigenvalue weighted by Gasteiger charge is -2.41. The Morgan fingerprint density at radius 3 is 2.62 bits per heavy atom. The number of carbonyl (C=O) groups excluding carboxylic acids is 1. The number of benzene rings is 1. The Balaban J connectivity index is 1.52. The summed E-state index contributed by atoms with van der Waals surface area (Å²) in [5.74, 6) is 0.307. The molecule has 26 heavy (non-hydrogen) atoms. The van der Waals surface area contributed by atoms with E-state index in [-0.39, 0.29) is 11.5 Å². The van der Waals surface area contributed by atoms with Crippen molar-refractivity contribution in [1.82, 2.24) is 4.90 Å². The number of amides is 1. The summed E-state index contributed by atoms with van der Waals surface area (Å²) in [6.45, 7) is 2.47. The number of hydrogen-bond acceptors (Lipinski definition) is 3. The Kier molecular flexibility index (Phi) is 5.10. The van der Waals surface area contributed by atoms with E-state index in [9.17, 15) is 9.90 Å². The van der Waals surface area contributed by atoms with E-state index in [0.29, 0.717) is 22.0 Å². The Bertz CT molecular complexity index is 690. The van der Waals surface area contributed by atoms with Gasteiger partial charge in [-0.1, -0.05) is 29.3 Å². The van der Waals surface area contributed by atoms with E-state index in [4.69, 9.17) is 23.2 Å². The SMILES string of the molecule is O=C1N([C@H]2CC[C@H](O)CC2)CC[C@]12CCCN(c1cccc(Cl)c1Cl)C2. The summed E-state index contributed by atoms with van der Waals surface area (Å²) < 4.78 is 0. The fourth-order valence-electron chi connectivity index (χ4n) is 5.02. The van der Waals surface area contributed by atoms with Crippen molar-refractivity contribution in [1.29, 1.82) is 0 Å². The zero-order valence-corrected chi connectivity index (χ0v) is 16.5. The van der Waals surface area contributed by atoms with Crippen molar-refractivity contribution in [3.05, 3.63) is 28.2 Å². The van der Waals surface area contributed by atoms with Gasteiger partial charge in [0.25, 0.3) is 0 Å². The van der Waals surface area contributed by atoms with Gasteiger partial charge >= 0.3 is 0 Å². The largest absolute Gasteiger partial charge is 0.393 e. The van der Waals surface area contributed by atoms with Gasteiger partial charge in [-0.3, -0.25) is 4.79 Å².